The number of fused-ring (bicyclic) bond motifs is 1. The largest absolute Gasteiger partial charge is 0.493 e. The summed E-state index contributed by atoms with van der Waals surface area (Å²) in [7, 11) is 0. The lowest BCUT2D eigenvalue weighted by Gasteiger charge is -2.35. The number of carbonyl (C=O) groups excluding carboxylic acids is 2. The lowest BCUT2D eigenvalue weighted by atomic mass is 10.0. The van der Waals surface area contributed by atoms with E-state index in [0.717, 1.165) is 10.5 Å². The van der Waals surface area contributed by atoms with E-state index in [9.17, 15) is 22.8 Å². The molecule has 12 heteroatoms. The van der Waals surface area contributed by atoms with Gasteiger partial charge in [0.25, 0.3) is 5.91 Å². The molecule has 3 aliphatic heterocycles. The first kappa shape index (κ1) is 21.9. The molecular formula is C21H20ClF3N4O4. The maximum atomic E-state index is 13.8. The molecule has 5 heterocycles. The van der Waals surface area contributed by atoms with Gasteiger partial charge in [-0.3, -0.25) is 9.20 Å². The maximum Gasteiger partial charge on any atom is 0.419 e. The van der Waals surface area contributed by atoms with E-state index < -0.39 is 29.4 Å². The summed E-state index contributed by atoms with van der Waals surface area (Å²) in [6.45, 7) is 1.52. The number of imidazole rings is 1. The van der Waals surface area contributed by atoms with Crippen LogP contribution in [0.1, 0.15) is 47.0 Å². The number of hydrogen-bond donors (Lipinski definition) is 0. The third-order valence-electron chi connectivity index (χ3n) is 6.24. The molecule has 2 aromatic heterocycles. The Hall–Kier alpha value is -2.95. The minimum Gasteiger partial charge on any atom is -0.493 e. The standard InChI is InChI=1S/C21H20ClF3N4O4/c22-17-16(19(30)27-5-3-13(4-6-27)28-7-9-33-20(28)31)26-18-14(21(23,24)25)10-12(11-29(17)18)15-2-1-8-32-15/h1,8,10-11,13,15H,2-7,9H2. The van der Waals surface area contributed by atoms with Gasteiger partial charge in [-0.05, 0) is 25.0 Å². The van der Waals surface area contributed by atoms with Crippen LogP contribution in [0.15, 0.2) is 24.6 Å². The number of cyclic esters (lactones) is 1. The van der Waals surface area contributed by atoms with Crippen LogP contribution in [0.25, 0.3) is 5.65 Å². The summed E-state index contributed by atoms with van der Waals surface area (Å²) in [5.74, 6) is -0.542. The summed E-state index contributed by atoms with van der Waals surface area (Å²) in [5.41, 5.74) is -1.36. The molecule has 2 amide bonds. The highest BCUT2D eigenvalue weighted by atomic mass is 35.5. The first-order valence-electron chi connectivity index (χ1n) is 10.6. The Labute approximate surface area is 191 Å². The third kappa shape index (κ3) is 3.88. The molecule has 2 fully saturated rings. The lowest BCUT2D eigenvalue weighted by molar-refractivity contribution is -0.136. The average Bonchev–Trinajstić information content (AvgIpc) is 3.53. The molecule has 0 bridgehead atoms. The maximum absolute atomic E-state index is 13.8. The van der Waals surface area contributed by atoms with Crippen LogP contribution in [-0.4, -0.2) is 63.5 Å². The Morgan fingerprint density at radius 3 is 2.58 bits per heavy atom. The van der Waals surface area contributed by atoms with Crippen molar-refractivity contribution in [3.63, 3.8) is 0 Å². The topological polar surface area (TPSA) is 76.4 Å². The van der Waals surface area contributed by atoms with Gasteiger partial charge in [0, 0.05) is 37.3 Å². The SMILES string of the molecule is O=C(c1nc2c(C(F)(F)F)cc(C3CC=CO3)cn2c1Cl)N1CCC(N2CCOC2=O)CC1. The summed E-state index contributed by atoms with van der Waals surface area (Å²) in [4.78, 5) is 32.1. The number of rotatable bonds is 3. The van der Waals surface area contributed by atoms with Crippen LogP contribution >= 0.6 is 11.6 Å². The molecule has 1 atom stereocenters. The molecule has 0 aromatic carbocycles. The summed E-state index contributed by atoms with van der Waals surface area (Å²) in [6, 6.07) is 0.950. The van der Waals surface area contributed by atoms with Gasteiger partial charge in [-0.25, -0.2) is 9.78 Å². The lowest BCUT2D eigenvalue weighted by Crippen LogP contribution is -2.47. The molecule has 33 heavy (non-hydrogen) atoms. The molecule has 176 valence electrons. The number of nitrogens with zero attached hydrogens (tertiary/aromatic N) is 4. The molecular weight excluding hydrogens is 465 g/mol. The number of aromatic nitrogens is 2. The normalized spacial score (nSPS) is 21.7. The molecule has 5 rings (SSSR count). The van der Waals surface area contributed by atoms with Gasteiger partial charge in [0.1, 0.15) is 17.9 Å². The number of alkyl halides is 3. The zero-order valence-corrected chi connectivity index (χ0v) is 18.1. The van der Waals surface area contributed by atoms with Crippen molar-refractivity contribution in [1.29, 1.82) is 0 Å². The second kappa shape index (κ2) is 8.12. The number of halogens is 4. The van der Waals surface area contributed by atoms with Crippen LogP contribution in [-0.2, 0) is 15.7 Å². The van der Waals surface area contributed by atoms with Gasteiger partial charge in [-0.1, -0.05) is 11.6 Å². The first-order valence-corrected chi connectivity index (χ1v) is 10.9. The van der Waals surface area contributed by atoms with Gasteiger partial charge in [0.2, 0.25) is 0 Å². The number of likely N-dealkylation sites (tertiary alicyclic amines) is 1. The van der Waals surface area contributed by atoms with Gasteiger partial charge in [-0.15, -0.1) is 0 Å². The predicted octanol–water partition coefficient (Wildman–Crippen LogP) is 4.04. The van der Waals surface area contributed by atoms with Crippen LogP contribution in [0.2, 0.25) is 5.15 Å². The van der Waals surface area contributed by atoms with Crippen molar-refractivity contribution < 1.29 is 32.2 Å². The molecule has 2 saturated heterocycles. The van der Waals surface area contributed by atoms with Gasteiger partial charge in [-0.2, -0.15) is 13.2 Å². The zero-order chi connectivity index (χ0) is 23.3. The molecule has 0 N–H and O–H groups in total. The van der Waals surface area contributed by atoms with Crippen molar-refractivity contribution in [2.24, 2.45) is 0 Å². The molecule has 8 nitrogen and oxygen atoms in total. The van der Waals surface area contributed by atoms with Crippen molar-refractivity contribution in [3.8, 4) is 0 Å². The van der Waals surface area contributed by atoms with Gasteiger partial charge in [0.05, 0.1) is 18.4 Å². The van der Waals surface area contributed by atoms with Crippen LogP contribution in [0.3, 0.4) is 0 Å². The Bertz CT molecular complexity index is 1130. The van der Waals surface area contributed by atoms with E-state index in [-0.39, 0.29) is 28.5 Å². The first-order chi connectivity index (χ1) is 15.7. The van der Waals surface area contributed by atoms with Crippen LogP contribution in [0, 0.1) is 0 Å². The second-order valence-electron chi connectivity index (χ2n) is 8.19. The van der Waals surface area contributed by atoms with Crippen LogP contribution in [0.5, 0.6) is 0 Å². The smallest absolute Gasteiger partial charge is 0.419 e. The Balaban J connectivity index is 1.43. The Kier molecular flexibility index (Phi) is 5.38. The highest BCUT2D eigenvalue weighted by Crippen LogP contribution is 2.38. The zero-order valence-electron chi connectivity index (χ0n) is 17.3. The summed E-state index contributed by atoms with van der Waals surface area (Å²) >= 11 is 6.38. The van der Waals surface area contributed by atoms with Crippen molar-refractivity contribution >= 4 is 29.2 Å². The van der Waals surface area contributed by atoms with Crippen molar-refractivity contribution in [1.82, 2.24) is 19.2 Å². The fourth-order valence-electron chi connectivity index (χ4n) is 4.53. The summed E-state index contributed by atoms with van der Waals surface area (Å²) in [6.07, 6.45) is 0.479. The van der Waals surface area contributed by atoms with E-state index >= 15 is 0 Å². The van der Waals surface area contributed by atoms with E-state index in [2.05, 4.69) is 4.98 Å². The fourth-order valence-corrected chi connectivity index (χ4v) is 4.78. The highest BCUT2D eigenvalue weighted by molar-refractivity contribution is 6.33. The summed E-state index contributed by atoms with van der Waals surface area (Å²) < 4.78 is 52.9. The average molecular weight is 485 g/mol. The predicted molar refractivity (Wildman–Crippen MR) is 110 cm³/mol. The van der Waals surface area contributed by atoms with E-state index in [1.165, 1.54) is 17.4 Å². The Morgan fingerprint density at radius 1 is 1.21 bits per heavy atom. The monoisotopic (exact) mass is 484 g/mol. The second-order valence-corrected chi connectivity index (χ2v) is 8.55. The number of carbonyl (C=O) groups is 2. The number of pyridine rings is 1. The van der Waals surface area contributed by atoms with Crippen molar-refractivity contribution in [2.75, 3.05) is 26.2 Å². The summed E-state index contributed by atoms with van der Waals surface area (Å²) in [5, 5.41) is -0.182. The van der Waals surface area contributed by atoms with Crippen molar-refractivity contribution in [3.05, 3.63) is 46.6 Å². The molecule has 0 aliphatic carbocycles. The minimum atomic E-state index is -4.69. The van der Waals surface area contributed by atoms with Crippen LogP contribution < -0.4 is 0 Å². The Morgan fingerprint density at radius 2 is 1.97 bits per heavy atom. The molecule has 0 saturated carbocycles. The third-order valence-corrected chi connectivity index (χ3v) is 6.60. The molecule has 2 aromatic rings. The number of ether oxygens (including phenoxy) is 2. The van der Waals surface area contributed by atoms with E-state index in [4.69, 9.17) is 21.1 Å². The number of amides is 2. The number of hydrogen-bond acceptors (Lipinski definition) is 5. The van der Waals surface area contributed by atoms with Gasteiger partial charge < -0.3 is 19.3 Å². The molecule has 0 radical (unpaired) electrons. The minimum absolute atomic E-state index is 0.0417. The van der Waals surface area contributed by atoms with Gasteiger partial charge >= 0.3 is 12.3 Å². The van der Waals surface area contributed by atoms with Gasteiger partial charge in [0.15, 0.2) is 11.3 Å². The molecule has 3 aliphatic rings. The van der Waals surface area contributed by atoms with E-state index in [1.807, 2.05) is 0 Å². The quantitative estimate of drug-likeness (QED) is 0.657. The van der Waals surface area contributed by atoms with E-state index in [0.29, 0.717) is 45.5 Å². The van der Waals surface area contributed by atoms with E-state index in [1.54, 1.807) is 11.0 Å². The molecule has 1 unspecified atom stereocenters. The van der Waals surface area contributed by atoms with Crippen molar-refractivity contribution in [2.45, 2.75) is 37.6 Å². The highest BCUT2D eigenvalue weighted by Gasteiger charge is 2.38. The van der Waals surface area contributed by atoms with Crippen LogP contribution in [0.4, 0.5) is 18.0 Å². The fraction of sp³-hybridized carbons (Fsp3) is 0.476. The molecule has 0 spiro atoms. The number of piperidine rings is 1.